The first-order valence-electron chi connectivity index (χ1n) is 12.1. The number of hydrogen-bond acceptors (Lipinski definition) is 11. The van der Waals surface area contributed by atoms with Crippen LogP contribution in [-0.2, 0) is 17.8 Å². The molecule has 5 heterocycles. The second-order valence-electron chi connectivity index (χ2n) is 8.42. The first-order chi connectivity index (χ1) is 16.8. The highest BCUT2D eigenvalue weighted by atomic mass is 16.5. The van der Waals surface area contributed by atoms with Crippen molar-refractivity contribution < 1.29 is 4.74 Å². The summed E-state index contributed by atoms with van der Waals surface area (Å²) < 4.78 is 7.63. The zero-order valence-corrected chi connectivity index (χ0v) is 19.7. The second kappa shape index (κ2) is 11.0. The van der Waals surface area contributed by atoms with E-state index in [-0.39, 0.29) is 0 Å². The summed E-state index contributed by atoms with van der Waals surface area (Å²) in [7, 11) is 0. The zero-order chi connectivity index (χ0) is 23.2. The maximum absolute atomic E-state index is 5.65. The number of hydrogen-bond donors (Lipinski definition) is 3. The number of ether oxygens (including phenoxy) is 1. The maximum Gasteiger partial charge on any atom is 0.228 e. The fraction of sp³-hybridized carbons (Fsp3) is 0.591. The van der Waals surface area contributed by atoms with E-state index in [2.05, 4.69) is 35.7 Å². The van der Waals surface area contributed by atoms with Gasteiger partial charge in [0.25, 0.3) is 0 Å². The van der Waals surface area contributed by atoms with E-state index in [9.17, 15) is 0 Å². The molecular weight excluding hydrogens is 434 g/mol. The molecule has 182 valence electrons. The predicted molar refractivity (Wildman–Crippen MR) is 130 cm³/mol. The molecule has 3 aromatic rings. The average molecular weight is 468 g/mol. The SMILES string of the molecule is CCOCCn1nc(CN2CCNCC2)c2nc(N3CCNCC3)nc(Nc3ccncn3)c21. The number of anilines is 3. The van der Waals surface area contributed by atoms with Crippen LogP contribution in [0.5, 0.6) is 0 Å². The predicted octanol–water partition coefficient (Wildman–Crippen LogP) is 0.211. The second-order valence-corrected chi connectivity index (χ2v) is 8.42. The van der Waals surface area contributed by atoms with Crippen LogP contribution in [-0.4, -0.2) is 100 Å². The summed E-state index contributed by atoms with van der Waals surface area (Å²) in [6.45, 7) is 12.2. The quantitative estimate of drug-likeness (QED) is 0.375. The molecule has 0 radical (unpaired) electrons. The summed E-state index contributed by atoms with van der Waals surface area (Å²) >= 11 is 0. The highest BCUT2D eigenvalue weighted by Gasteiger charge is 2.24. The van der Waals surface area contributed by atoms with E-state index in [1.165, 1.54) is 6.33 Å². The third-order valence-electron chi connectivity index (χ3n) is 6.11. The third-order valence-corrected chi connectivity index (χ3v) is 6.11. The Hall–Kier alpha value is -2.93. The average Bonchev–Trinajstić information content (AvgIpc) is 3.23. The molecule has 0 unspecified atom stereocenters. The molecule has 3 N–H and O–H groups in total. The fourth-order valence-corrected chi connectivity index (χ4v) is 4.36. The van der Waals surface area contributed by atoms with Crippen LogP contribution in [0.1, 0.15) is 12.6 Å². The fourth-order valence-electron chi connectivity index (χ4n) is 4.36. The Morgan fingerprint density at radius 2 is 1.85 bits per heavy atom. The van der Waals surface area contributed by atoms with Gasteiger partial charge < -0.3 is 25.6 Å². The monoisotopic (exact) mass is 467 g/mol. The molecule has 0 spiro atoms. The highest BCUT2D eigenvalue weighted by molar-refractivity contribution is 5.90. The van der Waals surface area contributed by atoms with Gasteiger partial charge in [0.2, 0.25) is 5.95 Å². The molecule has 2 saturated heterocycles. The lowest BCUT2D eigenvalue weighted by atomic mass is 10.2. The molecule has 5 rings (SSSR count). The Kier molecular flexibility index (Phi) is 7.39. The van der Waals surface area contributed by atoms with E-state index >= 15 is 0 Å². The largest absolute Gasteiger partial charge is 0.380 e. The summed E-state index contributed by atoms with van der Waals surface area (Å²) in [4.78, 5) is 23.1. The van der Waals surface area contributed by atoms with Crippen LogP contribution in [0.25, 0.3) is 11.0 Å². The minimum absolute atomic E-state index is 0.576. The summed E-state index contributed by atoms with van der Waals surface area (Å²) in [5.74, 6) is 2.10. The molecule has 2 aliphatic rings. The van der Waals surface area contributed by atoms with Gasteiger partial charge in [0.15, 0.2) is 5.82 Å². The number of piperazine rings is 2. The number of nitrogens with zero attached hydrogens (tertiary/aromatic N) is 8. The van der Waals surface area contributed by atoms with Crippen LogP contribution in [0.3, 0.4) is 0 Å². The molecule has 12 heteroatoms. The van der Waals surface area contributed by atoms with Gasteiger partial charge in [-0.3, -0.25) is 9.58 Å². The summed E-state index contributed by atoms with van der Waals surface area (Å²) in [5.41, 5.74) is 2.73. The van der Waals surface area contributed by atoms with Crippen molar-refractivity contribution in [2.75, 3.05) is 75.8 Å². The van der Waals surface area contributed by atoms with E-state index < -0.39 is 0 Å². The van der Waals surface area contributed by atoms with Gasteiger partial charge in [-0.25, -0.2) is 15.0 Å². The standard InChI is InChI=1S/C22H33N11O/c1-2-34-14-13-33-20-19(17(30-33)15-31-9-5-23-6-10-31)28-22(32-11-7-24-8-12-32)29-21(20)27-18-3-4-25-16-26-18/h3-4,16,23-24H,2,5-15H2,1H3,(H,25,26,27,28,29). The van der Waals surface area contributed by atoms with Gasteiger partial charge in [0, 0.05) is 71.7 Å². The molecule has 0 aliphatic carbocycles. The number of fused-ring (bicyclic) bond motifs is 1. The molecule has 34 heavy (non-hydrogen) atoms. The first kappa shape index (κ1) is 22.8. The number of nitrogens with one attached hydrogen (secondary N) is 3. The van der Waals surface area contributed by atoms with Crippen molar-refractivity contribution >= 4 is 28.6 Å². The van der Waals surface area contributed by atoms with Crippen molar-refractivity contribution in [2.24, 2.45) is 0 Å². The van der Waals surface area contributed by atoms with E-state index in [0.29, 0.717) is 31.4 Å². The van der Waals surface area contributed by atoms with Crippen molar-refractivity contribution in [1.82, 2.24) is 45.2 Å². The molecule has 0 amide bonds. The Bertz CT molecular complexity index is 1060. The third kappa shape index (κ3) is 5.25. The van der Waals surface area contributed by atoms with E-state index in [4.69, 9.17) is 19.8 Å². The van der Waals surface area contributed by atoms with Crippen molar-refractivity contribution in [3.8, 4) is 0 Å². The molecule has 0 atom stereocenters. The molecule has 0 saturated carbocycles. The van der Waals surface area contributed by atoms with E-state index in [0.717, 1.165) is 81.6 Å². The normalized spacial score (nSPS) is 17.4. The minimum Gasteiger partial charge on any atom is -0.380 e. The molecule has 0 bridgehead atoms. The molecular formula is C22H33N11O. The van der Waals surface area contributed by atoms with E-state index in [1.54, 1.807) is 6.20 Å². The first-order valence-corrected chi connectivity index (χ1v) is 12.1. The molecule has 3 aromatic heterocycles. The van der Waals surface area contributed by atoms with Gasteiger partial charge in [-0.1, -0.05) is 0 Å². The topological polar surface area (TPSA) is 121 Å². The van der Waals surface area contributed by atoms with Crippen molar-refractivity contribution in [1.29, 1.82) is 0 Å². The Balaban J connectivity index is 1.58. The van der Waals surface area contributed by atoms with Crippen molar-refractivity contribution in [2.45, 2.75) is 20.0 Å². The van der Waals surface area contributed by atoms with Gasteiger partial charge in [0.1, 0.15) is 28.9 Å². The summed E-state index contributed by atoms with van der Waals surface area (Å²) in [6, 6.07) is 1.83. The molecule has 2 aliphatic heterocycles. The Labute approximate surface area is 199 Å². The van der Waals surface area contributed by atoms with Crippen LogP contribution in [0.4, 0.5) is 17.6 Å². The Morgan fingerprint density at radius 1 is 1.06 bits per heavy atom. The summed E-state index contributed by atoms with van der Waals surface area (Å²) in [5, 5.41) is 15.2. The van der Waals surface area contributed by atoms with Crippen molar-refractivity contribution in [3.63, 3.8) is 0 Å². The van der Waals surface area contributed by atoms with Gasteiger partial charge in [-0.15, -0.1) is 0 Å². The van der Waals surface area contributed by atoms with Crippen LogP contribution >= 0.6 is 0 Å². The van der Waals surface area contributed by atoms with Crippen LogP contribution in [0.2, 0.25) is 0 Å². The minimum atomic E-state index is 0.576. The maximum atomic E-state index is 5.65. The van der Waals surface area contributed by atoms with Crippen LogP contribution < -0.4 is 20.9 Å². The van der Waals surface area contributed by atoms with Gasteiger partial charge in [-0.05, 0) is 13.0 Å². The highest BCUT2D eigenvalue weighted by Crippen LogP contribution is 2.29. The number of aromatic nitrogens is 6. The lowest BCUT2D eigenvalue weighted by Crippen LogP contribution is -2.44. The van der Waals surface area contributed by atoms with Crippen LogP contribution in [0.15, 0.2) is 18.6 Å². The van der Waals surface area contributed by atoms with Gasteiger partial charge in [0.05, 0.1) is 13.2 Å². The molecule has 0 aromatic carbocycles. The van der Waals surface area contributed by atoms with Crippen molar-refractivity contribution in [3.05, 3.63) is 24.3 Å². The Morgan fingerprint density at radius 3 is 2.59 bits per heavy atom. The lowest BCUT2D eigenvalue weighted by Gasteiger charge is -2.28. The summed E-state index contributed by atoms with van der Waals surface area (Å²) in [6.07, 6.45) is 3.24. The zero-order valence-electron chi connectivity index (χ0n) is 19.7. The van der Waals surface area contributed by atoms with Gasteiger partial charge in [-0.2, -0.15) is 10.1 Å². The van der Waals surface area contributed by atoms with Crippen LogP contribution in [0, 0.1) is 0 Å². The molecule has 12 nitrogen and oxygen atoms in total. The van der Waals surface area contributed by atoms with E-state index in [1.807, 2.05) is 17.7 Å². The van der Waals surface area contributed by atoms with Gasteiger partial charge >= 0.3 is 0 Å². The lowest BCUT2D eigenvalue weighted by molar-refractivity contribution is 0.137. The smallest absolute Gasteiger partial charge is 0.228 e. The number of rotatable bonds is 9. The molecule has 2 fully saturated rings.